The molecule has 0 spiro atoms. The van der Waals surface area contributed by atoms with E-state index >= 15 is 0 Å². The zero-order chi connectivity index (χ0) is 22.0. The molecule has 1 unspecified atom stereocenters. The Kier molecular flexibility index (Phi) is 5.73. The first-order chi connectivity index (χ1) is 14.9. The Labute approximate surface area is 182 Å². The minimum atomic E-state index is -1.02. The van der Waals surface area contributed by atoms with E-state index in [0.29, 0.717) is 27.6 Å². The van der Waals surface area contributed by atoms with E-state index < -0.39 is 18.0 Å². The molecule has 0 bridgehead atoms. The van der Waals surface area contributed by atoms with Crippen molar-refractivity contribution < 1.29 is 23.3 Å². The molecule has 31 heavy (non-hydrogen) atoms. The third-order valence-corrected chi connectivity index (χ3v) is 4.90. The van der Waals surface area contributed by atoms with Gasteiger partial charge in [0.25, 0.3) is 11.6 Å². The molecule has 8 nitrogen and oxygen atoms in total. The summed E-state index contributed by atoms with van der Waals surface area (Å²) >= 11 is 5.86. The third kappa shape index (κ3) is 4.44. The highest BCUT2D eigenvalue weighted by Gasteiger charge is 2.24. The Morgan fingerprint density at radius 3 is 2.71 bits per heavy atom. The molecule has 0 aliphatic rings. The highest BCUT2D eigenvalue weighted by Crippen LogP contribution is 2.28. The SMILES string of the molecule is Cc1noc2nc(-c3ccco3)cc(C(=O)OC(C)C(=O)NCc3ccc(Cl)cc3)c12. The Morgan fingerprint density at radius 2 is 2.00 bits per heavy atom. The number of esters is 1. The molecule has 0 aliphatic carbocycles. The van der Waals surface area contributed by atoms with Gasteiger partial charge in [0.2, 0.25) is 0 Å². The van der Waals surface area contributed by atoms with Crippen LogP contribution in [0.4, 0.5) is 0 Å². The first kappa shape index (κ1) is 20.6. The number of aromatic nitrogens is 2. The van der Waals surface area contributed by atoms with Gasteiger partial charge in [-0.1, -0.05) is 28.9 Å². The van der Waals surface area contributed by atoms with Crippen LogP contribution in [0.25, 0.3) is 22.6 Å². The molecule has 4 aromatic rings. The fraction of sp³-hybridized carbons (Fsp3) is 0.182. The molecule has 1 atom stereocenters. The Bertz CT molecular complexity index is 1230. The number of rotatable bonds is 6. The average Bonchev–Trinajstić information content (AvgIpc) is 3.43. The zero-order valence-corrected chi connectivity index (χ0v) is 17.5. The van der Waals surface area contributed by atoms with Crippen molar-refractivity contribution in [3.63, 3.8) is 0 Å². The first-order valence-corrected chi connectivity index (χ1v) is 9.84. The lowest BCUT2D eigenvalue weighted by Crippen LogP contribution is -2.35. The smallest absolute Gasteiger partial charge is 0.339 e. The number of pyridine rings is 1. The molecule has 1 amide bonds. The van der Waals surface area contributed by atoms with Gasteiger partial charge < -0.3 is 19.0 Å². The van der Waals surface area contributed by atoms with Gasteiger partial charge in [0.15, 0.2) is 11.9 Å². The number of ether oxygens (including phenoxy) is 1. The van der Waals surface area contributed by atoms with Crippen molar-refractivity contribution in [1.29, 1.82) is 0 Å². The molecule has 0 aliphatic heterocycles. The molecule has 3 heterocycles. The van der Waals surface area contributed by atoms with E-state index in [2.05, 4.69) is 15.5 Å². The van der Waals surface area contributed by atoms with Gasteiger partial charge in [-0.3, -0.25) is 4.79 Å². The molecular weight excluding hydrogens is 422 g/mol. The number of fused-ring (bicyclic) bond motifs is 1. The van der Waals surface area contributed by atoms with Crippen LogP contribution in [0, 0.1) is 6.92 Å². The molecule has 0 fully saturated rings. The van der Waals surface area contributed by atoms with Crippen molar-refractivity contribution in [2.45, 2.75) is 26.5 Å². The molecule has 0 saturated heterocycles. The highest BCUT2D eigenvalue weighted by atomic mass is 35.5. The fourth-order valence-corrected chi connectivity index (χ4v) is 3.14. The summed E-state index contributed by atoms with van der Waals surface area (Å²) in [6.45, 7) is 3.48. The number of hydrogen-bond acceptors (Lipinski definition) is 7. The second-order valence-electron chi connectivity index (χ2n) is 6.87. The predicted octanol–water partition coefficient (Wildman–Crippen LogP) is 4.31. The van der Waals surface area contributed by atoms with E-state index in [4.69, 9.17) is 25.3 Å². The number of carbonyl (C=O) groups excluding carboxylic acids is 2. The van der Waals surface area contributed by atoms with Gasteiger partial charge in [0.05, 0.1) is 22.9 Å². The molecule has 3 aromatic heterocycles. The summed E-state index contributed by atoms with van der Waals surface area (Å²) in [7, 11) is 0. The predicted molar refractivity (Wildman–Crippen MR) is 112 cm³/mol. The van der Waals surface area contributed by atoms with Crippen LogP contribution in [-0.4, -0.2) is 28.1 Å². The summed E-state index contributed by atoms with van der Waals surface area (Å²) < 4.78 is 16.0. The number of amides is 1. The van der Waals surface area contributed by atoms with Gasteiger partial charge >= 0.3 is 5.97 Å². The normalized spacial score (nSPS) is 12.0. The monoisotopic (exact) mass is 439 g/mol. The molecule has 4 rings (SSSR count). The number of nitrogens with zero attached hydrogens (tertiary/aromatic N) is 2. The summed E-state index contributed by atoms with van der Waals surface area (Å²) in [6, 6.07) is 12.0. The molecule has 9 heteroatoms. The topological polar surface area (TPSA) is 107 Å². The maximum atomic E-state index is 12.9. The van der Waals surface area contributed by atoms with Crippen LogP contribution in [0.15, 0.2) is 57.7 Å². The van der Waals surface area contributed by atoms with Crippen LogP contribution in [0.3, 0.4) is 0 Å². The molecule has 0 radical (unpaired) electrons. The summed E-state index contributed by atoms with van der Waals surface area (Å²) in [5.74, 6) is -0.665. The Balaban J connectivity index is 1.51. The van der Waals surface area contributed by atoms with E-state index in [1.807, 2.05) is 0 Å². The maximum Gasteiger partial charge on any atom is 0.339 e. The lowest BCUT2D eigenvalue weighted by Gasteiger charge is -2.14. The molecule has 0 saturated carbocycles. The highest BCUT2D eigenvalue weighted by molar-refractivity contribution is 6.30. The van der Waals surface area contributed by atoms with Gasteiger partial charge in [-0.05, 0) is 49.7 Å². The second-order valence-corrected chi connectivity index (χ2v) is 7.31. The number of benzene rings is 1. The molecule has 1 aromatic carbocycles. The van der Waals surface area contributed by atoms with Crippen molar-refractivity contribution in [2.75, 3.05) is 0 Å². The Hall–Kier alpha value is -3.65. The lowest BCUT2D eigenvalue weighted by molar-refractivity contribution is -0.129. The number of aryl methyl sites for hydroxylation is 1. The summed E-state index contributed by atoms with van der Waals surface area (Å²) in [5, 5.41) is 7.65. The number of furan rings is 1. The van der Waals surface area contributed by atoms with Crippen LogP contribution in [0.5, 0.6) is 0 Å². The van der Waals surface area contributed by atoms with Gasteiger partial charge in [-0.2, -0.15) is 0 Å². The van der Waals surface area contributed by atoms with E-state index in [0.717, 1.165) is 5.56 Å². The van der Waals surface area contributed by atoms with Gasteiger partial charge in [0.1, 0.15) is 5.69 Å². The molecule has 158 valence electrons. The van der Waals surface area contributed by atoms with Gasteiger partial charge in [-0.25, -0.2) is 9.78 Å². The molecule has 1 N–H and O–H groups in total. The largest absolute Gasteiger partial charge is 0.463 e. The van der Waals surface area contributed by atoms with E-state index in [9.17, 15) is 9.59 Å². The van der Waals surface area contributed by atoms with Crippen molar-refractivity contribution in [3.05, 3.63) is 70.6 Å². The van der Waals surface area contributed by atoms with E-state index in [-0.39, 0.29) is 17.8 Å². The number of carbonyl (C=O) groups is 2. The van der Waals surface area contributed by atoms with Crippen LogP contribution in [-0.2, 0) is 16.1 Å². The average molecular weight is 440 g/mol. The number of nitrogens with one attached hydrogen (secondary N) is 1. The van der Waals surface area contributed by atoms with Crippen molar-refractivity contribution in [3.8, 4) is 11.5 Å². The van der Waals surface area contributed by atoms with Crippen molar-refractivity contribution in [1.82, 2.24) is 15.5 Å². The van der Waals surface area contributed by atoms with Gasteiger partial charge in [0, 0.05) is 11.6 Å². The van der Waals surface area contributed by atoms with Crippen LogP contribution < -0.4 is 5.32 Å². The minimum Gasteiger partial charge on any atom is -0.463 e. The summed E-state index contributed by atoms with van der Waals surface area (Å²) in [6.07, 6.45) is 0.480. The third-order valence-electron chi connectivity index (χ3n) is 4.64. The Morgan fingerprint density at radius 1 is 1.23 bits per heavy atom. The maximum absolute atomic E-state index is 12.9. The van der Waals surface area contributed by atoms with Crippen molar-refractivity contribution in [2.24, 2.45) is 0 Å². The minimum absolute atomic E-state index is 0.179. The van der Waals surface area contributed by atoms with Crippen molar-refractivity contribution >= 4 is 34.6 Å². The molecular formula is C22H18ClN3O5. The second kappa shape index (κ2) is 8.61. The number of halogens is 1. The van der Waals surface area contributed by atoms with Crippen LogP contribution in [0.1, 0.15) is 28.5 Å². The van der Waals surface area contributed by atoms with Crippen LogP contribution in [0.2, 0.25) is 5.02 Å². The standard InChI is InChI=1S/C22H18ClN3O5/c1-12-19-16(10-17(18-4-3-9-29-18)25-21(19)31-26-12)22(28)30-13(2)20(27)24-11-14-5-7-15(23)8-6-14/h3-10,13H,11H2,1-2H3,(H,24,27). The summed E-state index contributed by atoms with van der Waals surface area (Å²) in [5.41, 5.74) is 2.11. The van der Waals surface area contributed by atoms with Gasteiger partial charge in [-0.15, -0.1) is 0 Å². The fourth-order valence-electron chi connectivity index (χ4n) is 3.02. The van der Waals surface area contributed by atoms with Crippen LogP contribution >= 0.6 is 11.6 Å². The number of hydrogen-bond donors (Lipinski definition) is 1. The van der Waals surface area contributed by atoms with E-state index in [1.165, 1.54) is 19.3 Å². The quantitative estimate of drug-likeness (QED) is 0.446. The lowest BCUT2D eigenvalue weighted by atomic mass is 10.1. The summed E-state index contributed by atoms with van der Waals surface area (Å²) in [4.78, 5) is 29.7. The first-order valence-electron chi connectivity index (χ1n) is 9.46. The van der Waals surface area contributed by atoms with E-state index in [1.54, 1.807) is 43.3 Å². The zero-order valence-electron chi connectivity index (χ0n) is 16.7.